The van der Waals surface area contributed by atoms with E-state index in [4.69, 9.17) is 10.5 Å². The minimum atomic E-state index is -0.0629. The van der Waals surface area contributed by atoms with Crippen molar-refractivity contribution < 1.29 is 4.74 Å². The summed E-state index contributed by atoms with van der Waals surface area (Å²) < 4.78 is 6.00. The molecule has 1 aliphatic carbocycles. The number of benzene rings is 1. The van der Waals surface area contributed by atoms with Crippen LogP contribution in [0.15, 0.2) is 29.2 Å². The molecule has 1 aromatic carbocycles. The van der Waals surface area contributed by atoms with Crippen LogP contribution in [0.2, 0.25) is 0 Å². The second-order valence-corrected chi connectivity index (χ2v) is 7.69. The van der Waals surface area contributed by atoms with E-state index >= 15 is 0 Å². The quantitative estimate of drug-likeness (QED) is 0.858. The van der Waals surface area contributed by atoms with Gasteiger partial charge in [-0.15, -0.1) is 11.8 Å². The van der Waals surface area contributed by atoms with Gasteiger partial charge in [0.05, 0.1) is 13.2 Å². The van der Waals surface area contributed by atoms with Crippen LogP contribution in [-0.4, -0.2) is 24.0 Å². The van der Waals surface area contributed by atoms with Crippen molar-refractivity contribution in [2.75, 3.05) is 13.2 Å². The molecule has 1 heterocycles. The molecule has 2 N–H and O–H groups in total. The van der Waals surface area contributed by atoms with Gasteiger partial charge in [-0.2, -0.15) is 0 Å². The van der Waals surface area contributed by atoms with Gasteiger partial charge < -0.3 is 10.5 Å². The van der Waals surface area contributed by atoms with E-state index in [9.17, 15) is 0 Å². The van der Waals surface area contributed by atoms with Gasteiger partial charge in [-0.3, -0.25) is 0 Å². The zero-order valence-electron chi connectivity index (χ0n) is 12.1. The Morgan fingerprint density at radius 3 is 2.65 bits per heavy atom. The Morgan fingerprint density at radius 1 is 1.15 bits per heavy atom. The van der Waals surface area contributed by atoms with Gasteiger partial charge in [0.15, 0.2) is 0 Å². The first kappa shape index (κ1) is 14.4. The predicted molar refractivity (Wildman–Crippen MR) is 85.2 cm³/mol. The number of fused-ring (bicyclic) bond motifs is 1. The van der Waals surface area contributed by atoms with Crippen LogP contribution in [0.4, 0.5) is 0 Å². The van der Waals surface area contributed by atoms with Crippen LogP contribution in [0, 0.1) is 0 Å². The summed E-state index contributed by atoms with van der Waals surface area (Å²) in [5.41, 5.74) is 7.91. The molecule has 0 bridgehead atoms. The van der Waals surface area contributed by atoms with Gasteiger partial charge in [0, 0.05) is 15.7 Å². The molecule has 0 spiro atoms. The maximum Gasteiger partial charge on any atom is 0.0646 e. The zero-order valence-corrected chi connectivity index (χ0v) is 13.0. The van der Waals surface area contributed by atoms with E-state index in [1.807, 2.05) is 11.8 Å². The highest BCUT2D eigenvalue weighted by Gasteiger charge is 2.28. The maximum absolute atomic E-state index is 6.50. The summed E-state index contributed by atoms with van der Waals surface area (Å²) in [6.45, 7) is 1.57. The first-order valence-electron chi connectivity index (χ1n) is 7.86. The van der Waals surface area contributed by atoms with Crippen molar-refractivity contribution in [2.24, 2.45) is 5.73 Å². The number of ether oxygens (including phenoxy) is 1. The molecule has 1 aromatic rings. The first-order chi connectivity index (χ1) is 9.75. The Balaban J connectivity index is 1.45. The molecular weight excluding hydrogens is 266 g/mol. The number of rotatable bonds is 4. The molecule has 1 saturated carbocycles. The van der Waals surface area contributed by atoms with Crippen molar-refractivity contribution in [3.05, 3.63) is 29.8 Å². The molecule has 0 radical (unpaired) electrons. The third-order valence-corrected chi connectivity index (χ3v) is 5.79. The second-order valence-electron chi connectivity index (χ2n) is 6.34. The number of hydrogen-bond acceptors (Lipinski definition) is 3. The van der Waals surface area contributed by atoms with Gasteiger partial charge in [0.25, 0.3) is 0 Å². The van der Waals surface area contributed by atoms with E-state index in [1.54, 1.807) is 0 Å². The third kappa shape index (κ3) is 3.57. The van der Waals surface area contributed by atoms with Crippen molar-refractivity contribution in [1.29, 1.82) is 0 Å². The number of hydrogen-bond donors (Lipinski definition) is 1. The van der Waals surface area contributed by atoms with Gasteiger partial charge in [0.1, 0.15) is 0 Å². The summed E-state index contributed by atoms with van der Waals surface area (Å²) in [4.78, 5) is 1.43. The van der Waals surface area contributed by atoms with E-state index in [0.717, 1.165) is 32.5 Å². The van der Waals surface area contributed by atoms with E-state index in [1.165, 1.54) is 36.1 Å². The zero-order chi connectivity index (χ0) is 13.8. The molecule has 3 heteroatoms. The molecule has 1 unspecified atom stereocenters. The van der Waals surface area contributed by atoms with Crippen molar-refractivity contribution in [1.82, 2.24) is 0 Å². The summed E-state index contributed by atoms with van der Waals surface area (Å²) in [7, 11) is 0. The topological polar surface area (TPSA) is 35.2 Å². The normalized spacial score (nSPS) is 25.1. The lowest BCUT2D eigenvalue weighted by Crippen LogP contribution is -2.44. The van der Waals surface area contributed by atoms with Crippen molar-refractivity contribution in [2.45, 2.75) is 60.6 Å². The summed E-state index contributed by atoms with van der Waals surface area (Å²) in [5, 5.41) is 0.571. The van der Waals surface area contributed by atoms with Crippen LogP contribution >= 0.6 is 11.8 Å². The van der Waals surface area contributed by atoms with E-state index < -0.39 is 0 Å². The van der Waals surface area contributed by atoms with Gasteiger partial charge in [0.2, 0.25) is 0 Å². The van der Waals surface area contributed by atoms with Crippen LogP contribution in [0.1, 0.15) is 44.1 Å². The van der Waals surface area contributed by atoms with Crippen LogP contribution in [0.3, 0.4) is 0 Å². The highest BCUT2D eigenvalue weighted by atomic mass is 32.2. The summed E-state index contributed by atoms with van der Waals surface area (Å²) >= 11 is 1.96. The Hall–Kier alpha value is -0.510. The fourth-order valence-corrected chi connectivity index (χ4v) is 4.56. The molecule has 1 fully saturated rings. The van der Waals surface area contributed by atoms with Gasteiger partial charge in [-0.25, -0.2) is 0 Å². The minimum absolute atomic E-state index is 0.0629. The molecule has 0 aromatic heterocycles. The van der Waals surface area contributed by atoms with E-state index in [0.29, 0.717) is 5.25 Å². The van der Waals surface area contributed by atoms with Gasteiger partial charge >= 0.3 is 0 Å². The summed E-state index contributed by atoms with van der Waals surface area (Å²) in [5.74, 6) is 0. The number of nitrogens with two attached hydrogens (primary N) is 1. The molecule has 20 heavy (non-hydrogen) atoms. The molecule has 2 nitrogen and oxygen atoms in total. The molecule has 1 atom stereocenters. The van der Waals surface area contributed by atoms with Crippen molar-refractivity contribution in [3.8, 4) is 0 Å². The second kappa shape index (κ2) is 6.50. The highest BCUT2D eigenvalue weighted by molar-refractivity contribution is 8.00. The van der Waals surface area contributed by atoms with Crippen molar-refractivity contribution >= 4 is 11.8 Å². The van der Waals surface area contributed by atoms with Crippen LogP contribution < -0.4 is 5.73 Å². The van der Waals surface area contributed by atoms with Crippen LogP contribution in [0.5, 0.6) is 0 Å². The molecule has 110 valence electrons. The molecule has 0 saturated heterocycles. The summed E-state index contributed by atoms with van der Waals surface area (Å²) in [6, 6.07) is 8.70. The molecule has 1 aliphatic heterocycles. The SMILES string of the molecule is NC1(COCC2Cc3ccccc3S2)CCCCCC1. The lowest BCUT2D eigenvalue weighted by atomic mass is 9.93. The fraction of sp³-hybridized carbons (Fsp3) is 0.647. The van der Waals surface area contributed by atoms with Gasteiger partial charge in [-0.1, -0.05) is 43.9 Å². The standard InChI is InChI=1S/C17H25NOS/c18-17(9-5-1-2-6-10-17)13-19-12-15-11-14-7-3-4-8-16(14)20-15/h3-4,7-8,15H,1-2,5-6,9-13,18H2. The van der Waals surface area contributed by atoms with Crippen LogP contribution in [-0.2, 0) is 11.2 Å². The highest BCUT2D eigenvalue weighted by Crippen LogP contribution is 2.37. The van der Waals surface area contributed by atoms with Crippen LogP contribution in [0.25, 0.3) is 0 Å². The van der Waals surface area contributed by atoms with E-state index in [-0.39, 0.29) is 5.54 Å². The maximum atomic E-state index is 6.50. The Kier molecular flexibility index (Phi) is 4.69. The van der Waals surface area contributed by atoms with Crippen molar-refractivity contribution in [3.63, 3.8) is 0 Å². The third-order valence-electron chi connectivity index (χ3n) is 4.51. The monoisotopic (exact) mass is 291 g/mol. The average Bonchev–Trinajstić information content (AvgIpc) is 2.73. The number of thioether (sulfide) groups is 1. The largest absolute Gasteiger partial charge is 0.378 e. The molecular formula is C17H25NOS. The lowest BCUT2D eigenvalue weighted by Gasteiger charge is -2.28. The minimum Gasteiger partial charge on any atom is -0.378 e. The Labute approximate surface area is 126 Å². The van der Waals surface area contributed by atoms with Gasteiger partial charge in [-0.05, 0) is 30.9 Å². The van der Waals surface area contributed by atoms with E-state index in [2.05, 4.69) is 24.3 Å². The Morgan fingerprint density at radius 2 is 1.90 bits per heavy atom. The molecule has 3 rings (SSSR count). The first-order valence-corrected chi connectivity index (χ1v) is 8.74. The Bertz CT molecular complexity index is 415. The summed E-state index contributed by atoms with van der Waals surface area (Å²) in [6.07, 6.45) is 8.61. The molecule has 0 amide bonds. The predicted octanol–water partition coefficient (Wildman–Crippen LogP) is 3.77. The smallest absolute Gasteiger partial charge is 0.0646 e. The fourth-order valence-electron chi connectivity index (χ4n) is 3.32. The molecule has 2 aliphatic rings. The lowest BCUT2D eigenvalue weighted by molar-refractivity contribution is 0.0792. The average molecular weight is 291 g/mol.